The highest BCUT2D eigenvalue weighted by Crippen LogP contribution is 2.30. The van der Waals surface area contributed by atoms with Crippen LogP contribution in [-0.4, -0.2) is 51.8 Å². The van der Waals surface area contributed by atoms with Crippen LogP contribution in [0.1, 0.15) is 12.5 Å². The molecule has 0 aliphatic heterocycles. The van der Waals surface area contributed by atoms with Gasteiger partial charge in [0.15, 0.2) is 17.5 Å². The lowest BCUT2D eigenvalue weighted by Crippen LogP contribution is -2.36. The van der Waals surface area contributed by atoms with Crippen molar-refractivity contribution in [2.75, 3.05) is 46.2 Å². The fraction of sp³-hybridized carbons (Fsp3) is 0.381. The molecular formula is C21H30FIN4O2. The summed E-state index contributed by atoms with van der Waals surface area (Å²) in [5.41, 5.74) is 1.94. The Balaban J connectivity index is 0.00000420. The molecule has 2 aromatic carbocycles. The van der Waals surface area contributed by atoms with E-state index in [0.717, 1.165) is 24.3 Å². The van der Waals surface area contributed by atoms with Crippen LogP contribution in [0, 0.1) is 5.82 Å². The van der Waals surface area contributed by atoms with Gasteiger partial charge < -0.3 is 25.0 Å². The summed E-state index contributed by atoms with van der Waals surface area (Å²) in [6, 6.07) is 12.2. The third-order valence-corrected chi connectivity index (χ3v) is 4.10. The number of rotatable bonds is 9. The van der Waals surface area contributed by atoms with Gasteiger partial charge in [0.2, 0.25) is 0 Å². The Morgan fingerprint density at radius 3 is 2.48 bits per heavy atom. The molecule has 0 aliphatic rings. The fourth-order valence-corrected chi connectivity index (χ4v) is 2.68. The van der Waals surface area contributed by atoms with Crippen molar-refractivity contribution in [1.29, 1.82) is 0 Å². The number of aliphatic imine (C=N–C) groups is 1. The van der Waals surface area contributed by atoms with Gasteiger partial charge in [0.25, 0.3) is 0 Å². The van der Waals surface area contributed by atoms with Crippen molar-refractivity contribution in [1.82, 2.24) is 10.2 Å². The maximum atomic E-state index is 13.0. The summed E-state index contributed by atoms with van der Waals surface area (Å²) in [4.78, 5) is 6.42. The molecule has 29 heavy (non-hydrogen) atoms. The molecule has 2 rings (SSSR count). The molecule has 0 unspecified atom stereocenters. The predicted molar refractivity (Wildman–Crippen MR) is 127 cm³/mol. The van der Waals surface area contributed by atoms with Crippen molar-refractivity contribution in [2.45, 2.75) is 13.5 Å². The van der Waals surface area contributed by atoms with E-state index >= 15 is 0 Å². The standard InChI is InChI=1S/C21H29FN4O2.HI/c1-5-28-20-14-18(10-11-19(20)27-4)25-21(23-2)24-12-13-26(3)15-16-6-8-17(22)9-7-16;/h6-11,14H,5,12-13,15H2,1-4H3,(H2,23,24,25);1H. The lowest BCUT2D eigenvalue weighted by atomic mass is 10.2. The van der Waals surface area contributed by atoms with Gasteiger partial charge >= 0.3 is 0 Å². The van der Waals surface area contributed by atoms with E-state index in [1.165, 1.54) is 12.1 Å². The molecule has 0 bridgehead atoms. The Hall–Kier alpha value is -2.07. The zero-order chi connectivity index (χ0) is 20.4. The third-order valence-electron chi connectivity index (χ3n) is 4.10. The highest BCUT2D eigenvalue weighted by Gasteiger charge is 2.07. The second-order valence-electron chi connectivity index (χ2n) is 6.29. The van der Waals surface area contributed by atoms with Gasteiger partial charge in [-0.1, -0.05) is 12.1 Å². The number of likely N-dealkylation sites (N-methyl/N-ethyl adjacent to an activating group) is 1. The quantitative estimate of drug-likeness (QED) is 0.300. The molecule has 0 saturated carbocycles. The molecule has 6 nitrogen and oxygen atoms in total. The van der Waals surface area contributed by atoms with E-state index in [1.54, 1.807) is 26.3 Å². The van der Waals surface area contributed by atoms with Crippen LogP contribution >= 0.6 is 24.0 Å². The average molecular weight is 516 g/mol. The number of halogens is 2. The summed E-state index contributed by atoms with van der Waals surface area (Å²) in [7, 11) is 5.37. The minimum atomic E-state index is -0.214. The van der Waals surface area contributed by atoms with E-state index in [2.05, 4.69) is 20.5 Å². The van der Waals surface area contributed by atoms with Crippen LogP contribution in [0.25, 0.3) is 0 Å². The number of ether oxygens (including phenoxy) is 2. The van der Waals surface area contributed by atoms with Crippen LogP contribution in [0.4, 0.5) is 10.1 Å². The zero-order valence-corrected chi connectivity index (χ0v) is 19.7. The number of methoxy groups -OCH3 is 1. The average Bonchev–Trinajstić information content (AvgIpc) is 2.69. The van der Waals surface area contributed by atoms with Gasteiger partial charge in [-0.3, -0.25) is 4.99 Å². The van der Waals surface area contributed by atoms with Gasteiger partial charge in [-0.2, -0.15) is 0 Å². The van der Waals surface area contributed by atoms with Crippen LogP contribution in [0.15, 0.2) is 47.5 Å². The molecule has 0 heterocycles. The first-order valence-corrected chi connectivity index (χ1v) is 9.27. The Morgan fingerprint density at radius 1 is 1.14 bits per heavy atom. The maximum absolute atomic E-state index is 13.0. The lowest BCUT2D eigenvalue weighted by molar-refractivity contribution is 0.311. The molecule has 0 fully saturated rings. The molecule has 0 saturated heterocycles. The molecule has 8 heteroatoms. The molecule has 0 aromatic heterocycles. The van der Waals surface area contributed by atoms with E-state index in [4.69, 9.17) is 9.47 Å². The molecular weight excluding hydrogens is 486 g/mol. The molecule has 0 spiro atoms. The molecule has 0 radical (unpaired) electrons. The van der Waals surface area contributed by atoms with E-state index in [-0.39, 0.29) is 29.8 Å². The second kappa shape index (κ2) is 13.2. The number of anilines is 1. The highest BCUT2D eigenvalue weighted by atomic mass is 127. The van der Waals surface area contributed by atoms with Crippen LogP contribution in [0.5, 0.6) is 11.5 Å². The number of guanidine groups is 1. The highest BCUT2D eigenvalue weighted by molar-refractivity contribution is 14.0. The number of hydrogen-bond acceptors (Lipinski definition) is 4. The van der Waals surface area contributed by atoms with Gasteiger partial charge in [0.05, 0.1) is 13.7 Å². The number of benzene rings is 2. The third kappa shape index (κ3) is 8.45. The number of nitrogens with one attached hydrogen (secondary N) is 2. The maximum Gasteiger partial charge on any atom is 0.195 e. The summed E-state index contributed by atoms with van der Waals surface area (Å²) in [5, 5.41) is 6.54. The number of hydrogen-bond donors (Lipinski definition) is 2. The molecule has 0 atom stereocenters. The van der Waals surface area contributed by atoms with Gasteiger partial charge in [-0.05, 0) is 43.8 Å². The first kappa shape index (κ1) is 25.0. The largest absolute Gasteiger partial charge is 0.493 e. The minimum absolute atomic E-state index is 0. The molecule has 160 valence electrons. The van der Waals surface area contributed by atoms with E-state index in [0.29, 0.717) is 30.6 Å². The normalized spacial score (nSPS) is 11.0. The topological polar surface area (TPSA) is 58.1 Å². The van der Waals surface area contributed by atoms with Gasteiger partial charge in [0, 0.05) is 38.4 Å². The molecule has 0 amide bonds. The van der Waals surface area contributed by atoms with Gasteiger partial charge in [-0.25, -0.2) is 4.39 Å². The Morgan fingerprint density at radius 2 is 1.86 bits per heavy atom. The summed E-state index contributed by atoms with van der Waals surface area (Å²) in [6.07, 6.45) is 0. The van der Waals surface area contributed by atoms with Crippen molar-refractivity contribution >= 4 is 35.6 Å². The van der Waals surface area contributed by atoms with Gasteiger partial charge in [-0.15, -0.1) is 24.0 Å². The Bertz CT molecular complexity index is 772. The summed E-state index contributed by atoms with van der Waals surface area (Å²) in [6.45, 7) is 4.77. The van der Waals surface area contributed by atoms with Crippen molar-refractivity contribution in [3.63, 3.8) is 0 Å². The van der Waals surface area contributed by atoms with E-state index < -0.39 is 0 Å². The van der Waals surface area contributed by atoms with Crippen molar-refractivity contribution in [3.8, 4) is 11.5 Å². The predicted octanol–water partition coefficient (Wildman–Crippen LogP) is 3.97. The van der Waals surface area contributed by atoms with Crippen molar-refractivity contribution < 1.29 is 13.9 Å². The smallest absolute Gasteiger partial charge is 0.195 e. The van der Waals surface area contributed by atoms with Crippen molar-refractivity contribution in [2.24, 2.45) is 4.99 Å². The minimum Gasteiger partial charge on any atom is -0.493 e. The number of nitrogens with zero attached hydrogens (tertiary/aromatic N) is 2. The fourth-order valence-electron chi connectivity index (χ4n) is 2.68. The van der Waals surface area contributed by atoms with Crippen LogP contribution in [-0.2, 0) is 6.54 Å². The summed E-state index contributed by atoms with van der Waals surface area (Å²) < 4.78 is 23.9. The van der Waals surface area contributed by atoms with Crippen LogP contribution in [0.3, 0.4) is 0 Å². The Labute approximate surface area is 189 Å². The van der Waals surface area contributed by atoms with E-state index in [9.17, 15) is 4.39 Å². The molecule has 2 aromatic rings. The van der Waals surface area contributed by atoms with Gasteiger partial charge in [0.1, 0.15) is 5.82 Å². The zero-order valence-electron chi connectivity index (χ0n) is 17.4. The first-order chi connectivity index (χ1) is 13.5. The SMILES string of the molecule is CCOc1cc(NC(=NC)NCCN(C)Cc2ccc(F)cc2)ccc1OC.I. The lowest BCUT2D eigenvalue weighted by Gasteiger charge is -2.19. The Kier molecular flexibility index (Phi) is 11.4. The second-order valence-corrected chi connectivity index (χ2v) is 6.29. The van der Waals surface area contributed by atoms with Crippen LogP contribution in [0.2, 0.25) is 0 Å². The molecule has 0 aliphatic carbocycles. The van der Waals surface area contributed by atoms with E-state index in [1.807, 2.05) is 32.2 Å². The van der Waals surface area contributed by atoms with Crippen molar-refractivity contribution in [3.05, 3.63) is 53.8 Å². The first-order valence-electron chi connectivity index (χ1n) is 9.27. The summed E-state index contributed by atoms with van der Waals surface area (Å²) >= 11 is 0. The summed E-state index contributed by atoms with van der Waals surface area (Å²) in [5.74, 6) is 1.83. The van der Waals surface area contributed by atoms with Crippen LogP contribution < -0.4 is 20.1 Å². The monoisotopic (exact) mass is 516 g/mol. The molecule has 2 N–H and O–H groups in total.